The number of nitrogens with two attached hydrogens (primary N) is 1. The Bertz CT molecular complexity index is 2410. The fraction of sp³-hybridized carbons (Fsp3) is 0.324. The highest BCUT2D eigenvalue weighted by atomic mass is 35.5. The van der Waals surface area contributed by atoms with Crippen LogP contribution in [-0.4, -0.2) is 47.5 Å². The number of aromatic amines is 1. The Labute approximate surface area is 295 Å². The van der Waals surface area contributed by atoms with Crippen LogP contribution >= 0.6 is 11.6 Å². The maximum Gasteiger partial charge on any atom is 0.293 e. The van der Waals surface area contributed by atoms with Crippen molar-refractivity contribution in [1.82, 2.24) is 39.8 Å². The lowest BCUT2D eigenvalue weighted by atomic mass is 9.94. The van der Waals surface area contributed by atoms with E-state index in [1.165, 1.54) is 11.8 Å². The third-order valence-corrected chi connectivity index (χ3v) is 9.89. The molecule has 0 saturated heterocycles. The monoisotopic (exact) mass is 743 g/mol. The maximum atomic E-state index is 15.3. The largest absolute Gasteiger partial charge is 0.382 e. The van der Waals surface area contributed by atoms with Crippen LogP contribution < -0.4 is 11.1 Å². The van der Waals surface area contributed by atoms with Gasteiger partial charge >= 0.3 is 0 Å². The van der Waals surface area contributed by atoms with Gasteiger partial charge in [-0.25, -0.2) is 27.5 Å². The standard InChI is InChI=1S/C34H28ClF6N9O2/c1-49-29-16(3-4-20(35)26(29)32(42)48-49)17-10-22-33(45-23(43-22)12-52-2)46-27(17)21(7-13-5-14(36)8-15(37)6-13)44-24(51)11-50-30-25(28(47-50)31(38)39)18-9-19(18)34(30,40)41/h3-6,8,10,18-19,21,31H,7,9,11-12H2,1-2H3,(H2,42,48)(H,44,51)(H,43,45,46)/t18-,19+,21-/m0/s1. The first-order valence-electron chi connectivity index (χ1n) is 16.1. The maximum absolute atomic E-state index is 15.3. The summed E-state index contributed by atoms with van der Waals surface area (Å²) in [6.07, 6.45) is -3.32. The minimum atomic E-state index is -3.45. The number of aromatic nitrogens is 7. The van der Waals surface area contributed by atoms with Gasteiger partial charge in [-0.15, -0.1) is 0 Å². The highest BCUT2D eigenvalue weighted by Gasteiger charge is 2.67. The Morgan fingerprint density at radius 1 is 1.12 bits per heavy atom. The SMILES string of the molecule is COCc1nc2nc([C@H](Cc3cc(F)cc(F)c3)NC(=O)Cn3nc(C(F)F)c4c3C(F)(F)[C@@H]3C[C@H]43)c(-c3ccc(Cl)c4c(N)nn(C)c34)cc2[nH]1. The summed E-state index contributed by atoms with van der Waals surface area (Å²) in [5.41, 5.74) is 6.88. The third-order valence-electron chi connectivity index (χ3n) is 9.58. The fourth-order valence-corrected chi connectivity index (χ4v) is 7.70. The quantitative estimate of drug-likeness (QED) is 0.134. The second-order valence-corrected chi connectivity index (χ2v) is 13.4. The van der Waals surface area contributed by atoms with E-state index in [-0.39, 0.29) is 47.7 Å². The molecular formula is C34H28ClF6N9O2. The van der Waals surface area contributed by atoms with Crippen LogP contribution in [0, 0.1) is 17.6 Å². The van der Waals surface area contributed by atoms with Gasteiger partial charge in [0, 0.05) is 42.8 Å². The number of halogens is 7. The van der Waals surface area contributed by atoms with E-state index < -0.39 is 65.7 Å². The van der Waals surface area contributed by atoms with Crippen LogP contribution in [0.5, 0.6) is 0 Å². The van der Waals surface area contributed by atoms with Crippen LogP contribution in [0.1, 0.15) is 58.8 Å². The first-order chi connectivity index (χ1) is 24.7. The van der Waals surface area contributed by atoms with E-state index in [9.17, 15) is 22.4 Å². The predicted octanol–water partition coefficient (Wildman–Crippen LogP) is 6.62. The molecule has 0 radical (unpaired) electrons. The molecule has 2 aromatic carbocycles. The molecule has 1 amide bonds. The van der Waals surface area contributed by atoms with Gasteiger partial charge in [-0.1, -0.05) is 17.7 Å². The molecule has 1 fully saturated rings. The molecule has 0 unspecified atom stereocenters. The van der Waals surface area contributed by atoms with E-state index in [0.717, 1.165) is 12.1 Å². The fourth-order valence-electron chi connectivity index (χ4n) is 7.45. The zero-order chi connectivity index (χ0) is 36.8. The number of amides is 1. The number of methoxy groups -OCH3 is 1. The Morgan fingerprint density at radius 3 is 2.58 bits per heavy atom. The number of imidazole rings is 1. The lowest BCUT2D eigenvalue weighted by molar-refractivity contribution is -0.123. The number of H-pyrrole nitrogens is 1. The highest BCUT2D eigenvalue weighted by molar-refractivity contribution is 6.37. The Morgan fingerprint density at radius 2 is 1.87 bits per heavy atom. The van der Waals surface area contributed by atoms with Crippen molar-refractivity contribution in [3.63, 3.8) is 0 Å². The summed E-state index contributed by atoms with van der Waals surface area (Å²) in [7, 11) is 3.14. The molecule has 0 bridgehead atoms. The van der Waals surface area contributed by atoms with Crippen molar-refractivity contribution in [2.24, 2.45) is 13.0 Å². The van der Waals surface area contributed by atoms with Crippen molar-refractivity contribution in [1.29, 1.82) is 0 Å². The van der Waals surface area contributed by atoms with Crippen molar-refractivity contribution in [3.8, 4) is 11.1 Å². The van der Waals surface area contributed by atoms with E-state index >= 15 is 8.78 Å². The van der Waals surface area contributed by atoms with Crippen LogP contribution in [0.3, 0.4) is 0 Å². The molecule has 3 atom stereocenters. The van der Waals surface area contributed by atoms with Gasteiger partial charge in [0.05, 0.1) is 33.2 Å². The molecular weight excluding hydrogens is 716 g/mol. The van der Waals surface area contributed by atoms with Crippen molar-refractivity contribution >= 4 is 45.4 Å². The summed E-state index contributed by atoms with van der Waals surface area (Å²) >= 11 is 6.53. The number of hydrogen-bond donors (Lipinski definition) is 3. The number of aryl methyl sites for hydroxylation is 1. The molecule has 0 spiro atoms. The number of nitrogens with one attached hydrogen (secondary N) is 2. The smallest absolute Gasteiger partial charge is 0.293 e. The van der Waals surface area contributed by atoms with Gasteiger partial charge in [0.2, 0.25) is 5.91 Å². The lowest BCUT2D eigenvalue weighted by Gasteiger charge is -2.23. The van der Waals surface area contributed by atoms with Crippen LogP contribution in [0.4, 0.5) is 32.2 Å². The van der Waals surface area contributed by atoms with E-state index in [2.05, 4.69) is 25.5 Å². The molecule has 2 aliphatic carbocycles. The first-order valence-corrected chi connectivity index (χ1v) is 16.4. The van der Waals surface area contributed by atoms with E-state index in [1.54, 1.807) is 25.2 Å². The molecule has 11 nitrogen and oxygen atoms in total. The molecule has 1 saturated carbocycles. The number of pyridine rings is 1. The summed E-state index contributed by atoms with van der Waals surface area (Å²) in [4.78, 5) is 26.3. The second kappa shape index (κ2) is 12.2. The lowest BCUT2D eigenvalue weighted by Crippen LogP contribution is -2.35. The summed E-state index contributed by atoms with van der Waals surface area (Å²) < 4.78 is 94.9. The summed E-state index contributed by atoms with van der Waals surface area (Å²) in [6.45, 7) is -0.742. The van der Waals surface area contributed by atoms with Gasteiger partial charge in [-0.2, -0.15) is 19.0 Å². The molecule has 4 aromatic heterocycles. The number of fused-ring (bicyclic) bond motifs is 5. The number of carbonyl (C=O) groups excluding carboxylic acids is 1. The molecule has 270 valence electrons. The number of anilines is 1. The first kappa shape index (κ1) is 34.0. The van der Waals surface area contributed by atoms with Gasteiger partial charge in [0.25, 0.3) is 12.3 Å². The second-order valence-electron chi connectivity index (χ2n) is 13.0. The minimum absolute atomic E-state index is 0.0559. The molecule has 8 rings (SSSR count). The number of nitrogens with zero attached hydrogens (tertiary/aromatic N) is 6. The van der Waals surface area contributed by atoms with E-state index in [4.69, 9.17) is 27.1 Å². The van der Waals surface area contributed by atoms with Crippen molar-refractivity contribution in [2.75, 3.05) is 12.8 Å². The van der Waals surface area contributed by atoms with Crippen molar-refractivity contribution < 1.29 is 35.9 Å². The number of rotatable bonds is 10. The summed E-state index contributed by atoms with van der Waals surface area (Å²) in [6, 6.07) is 6.66. The molecule has 18 heteroatoms. The zero-order valence-electron chi connectivity index (χ0n) is 27.3. The van der Waals surface area contributed by atoms with Gasteiger partial charge in [-0.3, -0.25) is 14.2 Å². The average Bonchev–Trinajstić information content (AvgIpc) is 3.36. The summed E-state index contributed by atoms with van der Waals surface area (Å²) in [5.74, 6) is -7.42. The number of benzene rings is 2. The molecule has 2 aliphatic rings. The summed E-state index contributed by atoms with van der Waals surface area (Å²) in [5, 5.41) is 11.6. The van der Waals surface area contributed by atoms with Crippen LogP contribution in [-0.2, 0) is 42.1 Å². The number of alkyl halides is 4. The zero-order valence-corrected chi connectivity index (χ0v) is 28.1. The number of nitrogen functional groups attached to an aromatic ring is 1. The molecule has 4 heterocycles. The normalized spacial score (nSPS) is 18.0. The third kappa shape index (κ3) is 5.53. The topological polar surface area (TPSA) is 142 Å². The Balaban J connectivity index is 1.28. The van der Waals surface area contributed by atoms with Crippen molar-refractivity contribution in [2.45, 2.75) is 50.3 Å². The molecule has 4 N–H and O–H groups in total. The number of ether oxygens (including phenoxy) is 1. The minimum Gasteiger partial charge on any atom is -0.382 e. The molecule has 0 aliphatic heterocycles. The Kier molecular flexibility index (Phi) is 7.98. The predicted molar refractivity (Wildman–Crippen MR) is 177 cm³/mol. The Hall–Kier alpha value is -5.16. The van der Waals surface area contributed by atoms with Crippen LogP contribution in [0.2, 0.25) is 5.02 Å². The number of carbonyl (C=O) groups is 1. The van der Waals surface area contributed by atoms with Crippen LogP contribution in [0.25, 0.3) is 33.2 Å². The van der Waals surface area contributed by atoms with E-state index in [1.807, 2.05) is 0 Å². The van der Waals surface area contributed by atoms with E-state index in [0.29, 0.717) is 49.1 Å². The molecule has 52 heavy (non-hydrogen) atoms. The van der Waals surface area contributed by atoms with Gasteiger partial charge in [0.15, 0.2) is 11.5 Å². The number of hydrogen-bond acceptors (Lipinski definition) is 7. The van der Waals surface area contributed by atoms with Gasteiger partial charge < -0.3 is 20.8 Å². The highest BCUT2D eigenvalue weighted by Crippen LogP contribution is 2.68. The average molecular weight is 744 g/mol. The molecule has 6 aromatic rings. The van der Waals surface area contributed by atoms with Gasteiger partial charge in [0.1, 0.15) is 42.0 Å². The van der Waals surface area contributed by atoms with Crippen LogP contribution in [0.15, 0.2) is 36.4 Å². The van der Waals surface area contributed by atoms with Gasteiger partial charge in [-0.05, 0) is 48.6 Å². The van der Waals surface area contributed by atoms with Crippen molar-refractivity contribution in [3.05, 3.63) is 87.1 Å².